The molecule has 0 aliphatic rings. The third-order valence-corrected chi connectivity index (χ3v) is 2.24. The van der Waals surface area contributed by atoms with E-state index in [2.05, 4.69) is 6.07 Å². The van der Waals surface area contributed by atoms with Gasteiger partial charge in [-0.3, -0.25) is 0 Å². The Kier molecular flexibility index (Phi) is 3.40. The van der Waals surface area contributed by atoms with Gasteiger partial charge in [-0.05, 0) is 17.7 Å². The molecule has 0 saturated heterocycles. The number of carboxylic acids is 1. The molecule has 0 aromatic heterocycles. The van der Waals surface area contributed by atoms with E-state index in [0.717, 1.165) is 5.56 Å². The molecule has 0 spiro atoms. The molecule has 0 unspecified atom stereocenters. The van der Waals surface area contributed by atoms with Gasteiger partial charge >= 0.3 is 5.97 Å². The van der Waals surface area contributed by atoms with Crippen LogP contribution in [0.5, 0.6) is 5.75 Å². The van der Waals surface area contributed by atoms with Crippen molar-refractivity contribution in [1.29, 1.82) is 0 Å². The Morgan fingerprint density at radius 1 is 1.12 bits per heavy atom. The molecule has 2 aromatic carbocycles. The summed E-state index contributed by atoms with van der Waals surface area (Å²) >= 11 is 0. The second-order valence-corrected chi connectivity index (χ2v) is 3.51. The maximum absolute atomic E-state index is 10.7. The number of rotatable bonds is 4. The Bertz CT molecular complexity index is 506. The van der Waals surface area contributed by atoms with Crippen LogP contribution < -0.4 is 4.74 Å². The Labute approximate surface area is 99.3 Å². The summed E-state index contributed by atoms with van der Waals surface area (Å²) < 4.78 is 5.46. The van der Waals surface area contributed by atoms with E-state index >= 15 is 0 Å². The number of ether oxygens (including phenoxy) is 1. The van der Waals surface area contributed by atoms with Crippen LogP contribution in [0.3, 0.4) is 0 Å². The molecule has 0 aliphatic heterocycles. The van der Waals surface area contributed by atoms with Gasteiger partial charge in [0.2, 0.25) is 0 Å². The normalized spacial score (nSPS) is 9.88. The maximum Gasteiger partial charge on any atom is 0.336 e. The number of benzene rings is 2. The fourth-order valence-electron chi connectivity index (χ4n) is 1.39. The maximum atomic E-state index is 10.7. The lowest BCUT2D eigenvalue weighted by molar-refractivity contribution is 0.0696. The third-order valence-electron chi connectivity index (χ3n) is 2.24. The third kappa shape index (κ3) is 3.08. The van der Waals surface area contributed by atoms with Crippen LogP contribution in [0.25, 0.3) is 0 Å². The second kappa shape index (κ2) is 5.16. The van der Waals surface area contributed by atoms with Crippen LogP contribution in [0.2, 0.25) is 0 Å². The van der Waals surface area contributed by atoms with Crippen molar-refractivity contribution >= 4 is 5.97 Å². The van der Waals surface area contributed by atoms with Crippen LogP contribution in [0.1, 0.15) is 15.9 Å². The van der Waals surface area contributed by atoms with Crippen molar-refractivity contribution in [3.05, 3.63) is 65.7 Å². The molecule has 1 radical (unpaired) electrons. The number of aromatic carboxylic acids is 1. The number of hydrogen-bond acceptors (Lipinski definition) is 2. The first-order valence-electron chi connectivity index (χ1n) is 5.18. The molecule has 0 atom stereocenters. The highest BCUT2D eigenvalue weighted by Gasteiger charge is 2.04. The summed E-state index contributed by atoms with van der Waals surface area (Å²) in [6.07, 6.45) is 0. The van der Waals surface area contributed by atoms with Crippen LogP contribution >= 0.6 is 0 Å². The summed E-state index contributed by atoms with van der Waals surface area (Å²) in [5, 5.41) is 8.81. The van der Waals surface area contributed by atoms with Crippen molar-refractivity contribution in [2.24, 2.45) is 0 Å². The zero-order valence-electron chi connectivity index (χ0n) is 9.09. The zero-order chi connectivity index (χ0) is 12.1. The quantitative estimate of drug-likeness (QED) is 0.873. The molecule has 0 fully saturated rings. The van der Waals surface area contributed by atoms with Crippen molar-refractivity contribution in [1.82, 2.24) is 0 Å². The van der Waals surface area contributed by atoms with Gasteiger partial charge in [0.1, 0.15) is 12.4 Å². The van der Waals surface area contributed by atoms with Crippen LogP contribution in [0.15, 0.2) is 48.5 Å². The van der Waals surface area contributed by atoms with Gasteiger partial charge in [-0.25, -0.2) is 4.79 Å². The summed E-state index contributed by atoms with van der Waals surface area (Å²) in [6, 6.07) is 17.2. The van der Waals surface area contributed by atoms with Crippen LogP contribution in [0.4, 0.5) is 0 Å². The molecule has 2 aromatic rings. The molecule has 17 heavy (non-hydrogen) atoms. The number of carboxylic acid groups (broad SMARTS) is 1. The van der Waals surface area contributed by atoms with Gasteiger partial charge in [0.05, 0.1) is 5.56 Å². The van der Waals surface area contributed by atoms with Crippen molar-refractivity contribution in [2.75, 3.05) is 0 Å². The molecule has 85 valence electrons. The molecule has 0 saturated carbocycles. The zero-order valence-corrected chi connectivity index (χ0v) is 9.09. The first-order chi connectivity index (χ1) is 8.25. The van der Waals surface area contributed by atoms with E-state index in [1.165, 1.54) is 6.07 Å². The second-order valence-electron chi connectivity index (χ2n) is 3.51. The van der Waals surface area contributed by atoms with E-state index < -0.39 is 5.97 Å². The van der Waals surface area contributed by atoms with E-state index in [0.29, 0.717) is 12.4 Å². The molecule has 3 nitrogen and oxygen atoms in total. The average Bonchev–Trinajstić information content (AvgIpc) is 2.38. The summed E-state index contributed by atoms with van der Waals surface area (Å²) in [4.78, 5) is 10.7. The largest absolute Gasteiger partial charge is 0.488 e. The topological polar surface area (TPSA) is 46.5 Å². The minimum Gasteiger partial charge on any atom is -0.488 e. The molecular formula is C14H11O3. The van der Waals surface area contributed by atoms with Crippen molar-refractivity contribution in [3.63, 3.8) is 0 Å². The van der Waals surface area contributed by atoms with Gasteiger partial charge in [0, 0.05) is 6.07 Å². The summed E-state index contributed by atoms with van der Waals surface area (Å²) in [6.45, 7) is 0.403. The smallest absolute Gasteiger partial charge is 0.336 e. The van der Waals surface area contributed by atoms with Crippen LogP contribution in [-0.4, -0.2) is 11.1 Å². The highest BCUT2D eigenvalue weighted by molar-refractivity contribution is 5.87. The number of carbonyl (C=O) groups is 1. The van der Waals surface area contributed by atoms with E-state index in [1.807, 2.05) is 30.3 Å². The van der Waals surface area contributed by atoms with Gasteiger partial charge < -0.3 is 9.84 Å². The molecule has 0 aliphatic carbocycles. The Morgan fingerprint density at radius 2 is 1.88 bits per heavy atom. The Hall–Kier alpha value is -2.29. The molecule has 2 rings (SSSR count). The molecule has 0 heterocycles. The van der Waals surface area contributed by atoms with Crippen LogP contribution in [0, 0.1) is 6.07 Å². The predicted octanol–water partition coefficient (Wildman–Crippen LogP) is 2.76. The first-order valence-corrected chi connectivity index (χ1v) is 5.18. The first kappa shape index (κ1) is 11.2. The lowest BCUT2D eigenvalue weighted by Crippen LogP contribution is -1.99. The standard InChI is InChI=1S/C14H11O3/c15-14(16)12-7-4-8-13(9-12)17-10-11-5-2-1-3-6-11/h1-8H,10H2,(H,15,16). The highest BCUT2D eigenvalue weighted by atomic mass is 16.5. The molecule has 0 bridgehead atoms. The highest BCUT2D eigenvalue weighted by Crippen LogP contribution is 2.14. The summed E-state index contributed by atoms with van der Waals surface area (Å²) in [5.41, 5.74) is 1.14. The molecule has 0 amide bonds. The molecule has 1 N–H and O–H groups in total. The molecule has 3 heteroatoms. The van der Waals surface area contributed by atoms with E-state index in [9.17, 15) is 4.79 Å². The SMILES string of the molecule is O=C(O)c1[c]c(OCc2ccccc2)ccc1. The van der Waals surface area contributed by atoms with Gasteiger partial charge in [-0.2, -0.15) is 0 Å². The fourth-order valence-corrected chi connectivity index (χ4v) is 1.39. The summed E-state index contributed by atoms with van der Waals surface area (Å²) in [7, 11) is 0. The fraction of sp³-hybridized carbons (Fsp3) is 0.0714. The van der Waals surface area contributed by atoms with E-state index in [1.54, 1.807) is 12.1 Å². The van der Waals surface area contributed by atoms with Gasteiger partial charge in [-0.1, -0.05) is 36.4 Å². The van der Waals surface area contributed by atoms with Crippen molar-refractivity contribution < 1.29 is 14.6 Å². The van der Waals surface area contributed by atoms with Gasteiger partial charge in [0.25, 0.3) is 0 Å². The Balaban J connectivity index is 2.04. The minimum absolute atomic E-state index is 0.107. The van der Waals surface area contributed by atoms with Crippen molar-refractivity contribution in [3.8, 4) is 5.75 Å². The van der Waals surface area contributed by atoms with Gasteiger partial charge in [0.15, 0.2) is 0 Å². The monoisotopic (exact) mass is 227 g/mol. The van der Waals surface area contributed by atoms with E-state index in [4.69, 9.17) is 9.84 Å². The van der Waals surface area contributed by atoms with Gasteiger partial charge in [-0.15, -0.1) is 0 Å². The van der Waals surface area contributed by atoms with Crippen molar-refractivity contribution in [2.45, 2.75) is 6.61 Å². The summed E-state index contributed by atoms with van der Waals surface area (Å²) in [5.74, 6) is -0.566. The predicted molar refractivity (Wildman–Crippen MR) is 63.0 cm³/mol. The minimum atomic E-state index is -1.00. The van der Waals surface area contributed by atoms with Crippen LogP contribution in [-0.2, 0) is 6.61 Å². The number of hydrogen-bond donors (Lipinski definition) is 1. The van der Waals surface area contributed by atoms with E-state index in [-0.39, 0.29) is 5.56 Å². The lowest BCUT2D eigenvalue weighted by atomic mass is 10.2. The average molecular weight is 227 g/mol. The molecular weight excluding hydrogens is 216 g/mol. The lowest BCUT2D eigenvalue weighted by Gasteiger charge is -2.06. The Morgan fingerprint density at radius 3 is 2.59 bits per heavy atom.